The molecular formula is C20H25N5O. The summed E-state index contributed by atoms with van der Waals surface area (Å²) in [5.74, 6) is 1.09. The smallest absolute Gasteiger partial charge is 0.242 e. The number of carbonyl (C=O) groups is 1. The Hall–Kier alpha value is -2.63. The minimum Gasteiger partial charge on any atom is -0.338 e. The fraction of sp³-hybridized carbons (Fsp3) is 0.450. The Morgan fingerprint density at radius 1 is 1.23 bits per heavy atom. The van der Waals surface area contributed by atoms with Crippen LogP contribution in [-0.4, -0.2) is 42.7 Å². The number of amides is 1. The summed E-state index contributed by atoms with van der Waals surface area (Å²) in [7, 11) is 0. The van der Waals surface area contributed by atoms with Crippen molar-refractivity contribution >= 4 is 16.9 Å². The fourth-order valence-corrected chi connectivity index (χ4v) is 3.96. The van der Waals surface area contributed by atoms with Gasteiger partial charge in [0.25, 0.3) is 0 Å². The molecule has 3 heterocycles. The molecule has 1 saturated heterocycles. The first-order valence-electron chi connectivity index (χ1n) is 9.41. The molecule has 0 saturated carbocycles. The van der Waals surface area contributed by atoms with E-state index in [1.165, 1.54) is 6.42 Å². The van der Waals surface area contributed by atoms with Gasteiger partial charge in [-0.2, -0.15) is 5.10 Å². The molecule has 0 aliphatic carbocycles. The number of rotatable bonds is 5. The summed E-state index contributed by atoms with van der Waals surface area (Å²) in [6.07, 6.45) is 8.11. The molecule has 6 nitrogen and oxygen atoms in total. The number of fused-ring (bicyclic) bond motifs is 1. The topological polar surface area (TPSA) is 56.0 Å². The predicted molar refractivity (Wildman–Crippen MR) is 101 cm³/mol. The van der Waals surface area contributed by atoms with E-state index in [-0.39, 0.29) is 5.91 Å². The molecule has 1 amide bonds. The Morgan fingerprint density at radius 3 is 2.96 bits per heavy atom. The zero-order chi connectivity index (χ0) is 17.9. The first kappa shape index (κ1) is 16.8. The third kappa shape index (κ3) is 3.36. The zero-order valence-electron chi connectivity index (χ0n) is 15.2. The Balaban J connectivity index is 1.48. The molecule has 1 aliphatic heterocycles. The molecule has 1 aromatic carbocycles. The van der Waals surface area contributed by atoms with Crippen LogP contribution in [0.25, 0.3) is 11.0 Å². The van der Waals surface area contributed by atoms with Crippen molar-refractivity contribution < 1.29 is 4.79 Å². The summed E-state index contributed by atoms with van der Waals surface area (Å²) < 4.78 is 3.99. The van der Waals surface area contributed by atoms with Crippen LogP contribution in [-0.2, 0) is 17.9 Å². The number of nitrogens with zero attached hydrogens (tertiary/aromatic N) is 5. The molecule has 4 rings (SSSR count). The number of imidazole rings is 1. The van der Waals surface area contributed by atoms with Crippen LogP contribution in [0.2, 0.25) is 0 Å². The van der Waals surface area contributed by atoms with E-state index in [9.17, 15) is 4.79 Å². The van der Waals surface area contributed by atoms with Crippen LogP contribution in [0.4, 0.5) is 0 Å². The van der Waals surface area contributed by atoms with Crippen molar-refractivity contribution in [3.05, 3.63) is 48.5 Å². The second-order valence-corrected chi connectivity index (χ2v) is 7.03. The number of para-hydroxylation sites is 2. The highest BCUT2D eigenvalue weighted by Gasteiger charge is 2.27. The fourth-order valence-electron chi connectivity index (χ4n) is 3.96. The van der Waals surface area contributed by atoms with E-state index in [2.05, 4.69) is 15.0 Å². The second-order valence-electron chi connectivity index (χ2n) is 7.03. The lowest BCUT2D eigenvalue weighted by Gasteiger charge is -2.36. The maximum absolute atomic E-state index is 13.1. The van der Waals surface area contributed by atoms with E-state index in [1.807, 2.05) is 52.7 Å². The van der Waals surface area contributed by atoms with Crippen LogP contribution >= 0.6 is 0 Å². The van der Waals surface area contributed by atoms with Gasteiger partial charge in [0, 0.05) is 31.5 Å². The highest BCUT2D eigenvalue weighted by atomic mass is 16.2. The molecule has 1 atom stereocenters. The number of aryl methyl sites for hydroxylation is 2. The summed E-state index contributed by atoms with van der Waals surface area (Å²) in [6, 6.07) is 10.3. The van der Waals surface area contributed by atoms with E-state index in [0.717, 1.165) is 49.2 Å². The van der Waals surface area contributed by atoms with Crippen molar-refractivity contribution in [1.29, 1.82) is 0 Å². The monoisotopic (exact) mass is 351 g/mol. The number of aromatic nitrogens is 4. The molecule has 0 unspecified atom stereocenters. The summed E-state index contributed by atoms with van der Waals surface area (Å²) >= 11 is 0. The zero-order valence-corrected chi connectivity index (χ0v) is 15.2. The van der Waals surface area contributed by atoms with Gasteiger partial charge in [0.2, 0.25) is 5.91 Å². The highest BCUT2D eigenvalue weighted by molar-refractivity contribution is 5.81. The van der Waals surface area contributed by atoms with Gasteiger partial charge in [0.05, 0.1) is 11.0 Å². The maximum Gasteiger partial charge on any atom is 0.242 e. The van der Waals surface area contributed by atoms with Gasteiger partial charge < -0.3 is 9.47 Å². The molecular weight excluding hydrogens is 326 g/mol. The molecule has 1 fully saturated rings. The normalized spacial score (nSPS) is 17.7. The lowest BCUT2D eigenvalue weighted by molar-refractivity contribution is -0.135. The van der Waals surface area contributed by atoms with Crippen LogP contribution < -0.4 is 0 Å². The van der Waals surface area contributed by atoms with Crippen molar-refractivity contribution in [3.8, 4) is 0 Å². The first-order valence-corrected chi connectivity index (χ1v) is 9.41. The Labute approximate surface area is 153 Å². The first-order chi connectivity index (χ1) is 12.7. The van der Waals surface area contributed by atoms with E-state index in [1.54, 1.807) is 6.20 Å². The van der Waals surface area contributed by atoms with Crippen LogP contribution in [0.3, 0.4) is 0 Å². The standard InChI is InChI=1S/C20H25N5O/c1-16-22-18-8-2-3-9-19(18)25(16)15-20(26)24-13-5-4-7-17(24)10-14-23-12-6-11-21-23/h2-3,6,8-9,11-12,17H,4-5,7,10,13-15H2,1H3/t17-/m0/s1. The van der Waals surface area contributed by atoms with Gasteiger partial charge >= 0.3 is 0 Å². The van der Waals surface area contributed by atoms with Crippen LogP contribution in [0.5, 0.6) is 0 Å². The molecule has 26 heavy (non-hydrogen) atoms. The molecule has 1 aliphatic rings. The largest absolute Gasteiger partial charge is 0.338 e. The Kier molecular flexibility index (Phi) is 4.73. The van der Waals surface area contributed by atoms with E-state index in [0.29, 0.717) is 12.6 Å². The average Bonchev–Trinajstić information content (AvgIpc) is 3.28. The minimum atomic E-state index is 0.196. The molecule has 0 N–H and O–H groups in total. The molecule has 6 heteroatoms. The van der Waals surface area contributed by atoms with Gasteiger partial charge in [-0.1, -0.05) is 12.1 Å². The van der Waals surface area contributed by atoms with Gasteiger partial charge in [0.15, 0.2) is 0 Å². The quantitative estimate of drug-likeness (QED) is 0.710. The van der Waals surface area contributed by atoms with E-state index >= 15 is 0 Å². The summed E-state index contributed by atoms with van der Waals surface area (Å²) in [5, 5.41) is 4.28. The van der Waals surface area contributed by atoms with E-state index < -0.39 is 0 Å². The summed E-state index contributed by atoms with van der Waals surface area (Å²) in [6.45, 7) is 4.05. The average molecular weight is 351 g/mol. The Bertz CT molecular complexity index is 883. The maximum atomic E-state index is 13.1. The molecule has 136 valence electrons. The third-order valence-electron chi connectivity index (χ3n) is 5.34. The molecule has 3 aromatic rings. The molecule has 0 bridgehead atoms. The van der Waals surface area contributed by atoms with Gasteiger partial charge in [0.1, 0.15) is 12.4 Å². The molecule has 0 spiro atoms. The van der Waals surface area contributed by atoms with Crippen LogP contribution in [0.1, 0.15) is 31.5 Å². The summed E-state index contributed by atoms with van der Waals surface area (Å²) in [5.41, 5.74) is 1.98. The minimum absolute atomic E-state index is 0.196. The van der Waals surface area contributed by atoms with Crippen molar-refractivity contribution in [2.75, 3.05) is 6.54 Å². The summed E-state index contributed by atoms with van der Waals surface area (Å²) in [4.78, 5) is 19.8. The van der Waals surface area contributed by atoms with Gasteiger partial charge in [-0.3, -0.25) is 9.48 Å². The number of hydrogen-bond acceptors (Lipinski definition) is 3. The van der Waals surface area contributed by atoms with Crippen LogP contribution in [0, 0.1) is 6.92 Å². The second kappa shape index (κ2) is 7.32. The van der Waals surface area contributed by atoms with Crippen molar-refractivity contribution in [2.24, 2.45) is 0 Å². The number of hydrogen-bond donors (Lipinski definition) is 0. The number of benzene rings is 1. The van der Waals surface area contributed by atoms with Crippen molar-refractivity contribution in [1.82, 2.24) is 24.2 Å². The molecule has 0 radical (unpaired) electrons. The number of carbonyl (C=O) groups excluding carboxylic acids is 1. The lowest BCUT2D eigenvalue weighted by atomic mass is 9.99. The van der Waals surface area contributed by atoms with Crippen molar-refractivity contribution in [2.45, 2.75) is 51.7 Å². The lowest BCUT2D eigenvalue weighted by Crippen LogP contribution is -2.45. The van der Waals surface area contributed by atoms with E-state index in [4.69, 9.17) is 0 Å². The van der Waals surface area contributed by atoms with Gasteiger partial charge in [-0.15, -0.1) is 0 Å². The SMILES string of the molecule is Cc1nc2ccccc2n1CC(=O)N1CCCC[C@H]1CCn1cccn1. The van der Waals surface area contributed by atoms with Gasteiger partial charge in [-0.05, 0) is 50.8 Å². The highest BCUT2D eigenvalue weighted by Crippen LogP contribution is 2.22. The third-order valence-corrected chi connectivity index (χ3v) is 5.34. The predicted octanol–water partition coefficient (Wildman–Crippen LogP) is 3.01. The van der Waals surface area contributed by atoms with Crippen LogP contribution in [0.15, 0.2) is 42.7 Å². The molecule has 2 aromatic heterocycles. The number of likely N-dealkylation sites (tertiary alicyclic amines) is 1. The van der Waals surface area contributed by atoms with Crippen molar-refractivity contribution in [3.63, 3.8) is 0 Å². The van der Waals surface area contributed by atoms with Gasteiger partial charge in [-0.25, -0.2) is 4.98 Å². The number of piperidine rings is 1. The Morgan fingerprint density at radius 2 is 2.12 bits per heavy atom.